The summed E-state index contributed by atoms with van der Waals surface area (Å²) in [6.07, 6.45) is 8.61. The van der Waals surface area contributed by atoms with Crippen LogP contribution in [0.3, 0.4) is 0 Å². The smallest absolute Gasteiger partial charge is 0.243 e. The monoisotopic (exact) mass is 433 g/mol. The summed E-state index contributed by atoms with van der Waals surface area (Å²) >= 11 is 0. The maximum absolute atomic E-state index is 12.9. The second kappa shape index (κ2) is 9.70. The summed E-state index contributed by atoms with van der Waals surface area (Å²) in [5.74, 6) is -0.304. The molecule has 1 N–H and O–H groups in total. The van der Waals surface area contributed by atoms with Crippen LogP contribution in [0.5, 0.6) is 0 Å². The van der Waals surface area contributed by atoms with E-state index in [9.17, 15) is 13.2 Å². The molecule has 1 aromatic carbocycles. The Bertz CT molecular complexity index is 1030. The second-order valence-corrected chi connectivity index (χ2v) is 9.96. The van der Waals surface area contributed by atoms with Gasteiger partial charge in [0.2, 0.25) is 15.9 Å². The molecule has 0 saturated heterocycles. The first kappa shape index (κ1) is 22.4. The Kier molecular flexibility index (Phi) is 7.25. The van der Waals surface area contributed by atoms with Crippen molar-refractivity contribution in [1.29, 1.82) is 0 Å². The third-order valence-electron chi connectivity index (χ3n) is 5.68. The molecule has 1 atom stereocenters. The van der Waals surface area contributed by atoms with Crippen molar-refractivity contribution in [3.63, 3.8) is 0 Å². The molecule has 1 heterocycles. The van der Waals surface area contributed by atoms with Crippen LogP contribution in [0.25, 0.3) is 11.0 Å². The summed E-state index contributed by atoms with van der Waals surface area (Å²) in [6, 6.07) is 4.96. The number of nitrogens with zero attached hydrogens (tertiary/aromatic N) is 4. The van der Waals surface area contributed by atoms with Gasteiger partial charge in [0.15, 0.2) is 0 Å². The third-order valence-corrected chi connectivity index (χ3v) is 7.48. The Balaban J connectivity index is 1.62. The highest BCUT2D eigenvalue weighted by molar-refractivity contribution is 7.89. The van der Waals surface area contributed by atoms with Crippen LogP contribution in [0.15, 0.2) is 34.7 Å². The first-order valence-electron chi connectivity index (χ1n) is 10.6. The molecule has 0 fully saturated rings. The number of nitrogens with one attached hydrogen (secondary N) is 1. The molecular formula is C21H31N5O3S. The van der Waals surface area contributed by atoms with E-state index in [1.54, 1.807) is 16.8 Å². The van der Waals surface area contributed by atoms with Crippen molar-refractivity contribution in [2.75, 3.05) is 20.1 Å². The van der Waals surface area contributed by atoms with E-state index in [-0.39, 0.29) is 23.4 Å². The van der Waals surface area contributed by atoms with Gasteiger partial charge in [-0.05, 0) is 63.6 Å². The maximum Gasteiger partial charge on any atom is 0.243 e. The van der Waals surface area contributed by atoms with E-state index < -0.39 is 10.0 Å². The zero-order valence-corrected chi connectivity index (χ0v) is 18.8. The Morgan fingerprint density at radius 2 is 2.13 bits per heavy atom. The van der Waals surface area contributed by atoms with Gasteiger partial charge in [-0.2, -0.15) is 4.31 Å². The SMILES string of the molecule is CC[C@@H](C)n1nnc2cc(S(=O)(=O)N(C)CC(=O)NCCC3=CCCCC3)ccc21. The van der Waals surface area contributed by atoms with Gasteiger partial charge in [-0.3, -0.25) is 4.79 Å². The molecule has 0 aliphatic heterocycles. The molecule has 3 rings (SSSR count). The van der Waals surface area contributed by atoms with E-state index in [1.165, 1.54) is 31.5 Å². The number of carbonyl (C=O) groups is 1. The van der Waals surface area contributed by atoms with Gasteiger partial charge in [-0.25, -0.2) is 13.1 Å². The highest BCUT2D eigenvalue weighted by atomic mass is 32.2. The Hall–Kier alpha value is -2.26. The topological polar surface area (TPSA) is 97.2 Å². The largest absolute Gasteiger partial charge is 0.355 e. The lowest BCUT2D eigenvalue weighted by Crippen LogP contribution is -2.38. The summed E-state index contributed by atoms with van der Waals surface area (Å²) in [5, 5.41) is 11.1. The van der Waals surface area contributed by atoms with Gasteiger partial charge in [0.1, 0.15) is 5.52 Å². The van der Waals surface area contributed by atoms with Crippen LogP contribution in [0.4, 0.5) is 0 Å². The Labute approximate surface area is 178 Å². The van der Waals surface area contributed by atoms with Crippen LogP contribution in [-0.4, -0.2) is 53.8 Å². The van der Waals surface area contributed by atoms with Crippen molar-refractivity contribution < 1.29 is 13.2 Å². The summed E-state index contributed by atoms with van der Waals surface area (Å²) in [7, 11) is -2.39. The quantitative estimate of drug-likeness (QED) is 0.613. The van der Waals surface area contributed by atoms with Crippen molar-refractivity contribution in [2.45, 2.75) is 63.3 Å². The Morgan fingerprint density at radius 1 is 1.33 bits per heavy atom. The molecule has 0 unspecified atom stereocenters. The van der Waals surface area contributed by atoms with E-state index in [2.05, 4.69) is 28.6 Å². The molecule has 8 nitrogen and oxygen atoms in total. The van der Waals surface area contributed by atoms with Gasteiger partial charge >= 0.3 is 0 Å². The van der Waals surface area contributed by atoms with Gasteiger partial charge in [-0.1, -0.05) is 23.8 Å². The average molecular weight is 434 g/mol. The Morgan fingerprint density at radius 3 is 2.83 bits per heavy atom. The molecule has 0 radical (unpaired) electrons. The first-order chi connectivity index (χ1) is 14.3. The highest BCUT2D eigenvalue weighted by Crippen LogP contribution is 2.23. The molecule has 9 heteroatoms. The van der Waals surface area contributed by atoms with Crippen LogP contribution in [0.2, 0.25) is 0 Å². The lowest BCUT2D eigenvalue weighted by molar-refractivity contribution is -0.121. The normalized spacial score (nSPS) is 15.9. The standard InChI is InChI=1S/C21H31N5O3S/c1-4-16(2)26-20-11-10-18(14-19(20)23-24-26)30(28,29)25(3)15-21(27)22-13-12-17-8-6-5-7-9-17/h8,10-11,14,16H,4-7,9,12-13,15H2,1-3H3,(H,22,27)/t16-/m1/s1. The minimum atomic E-state index is -3.80. The number of aromatic nitrogens is 3. The van der Waals surface area contributed by atoms with Crippen molar-refractivity contribution in [3.8, 4) is 0 Å². The first-order valence-corrected chi connectivity index (χ1v) is 12.0. The summed E-state index contributed by atoms with van der Waals surface area (Å²) in [5.41, 5.74) is 2.69. The number of hydrogen-bond donors (Lipinski definition) is 1. The molecule has 1 aliphatic carbocycles. The summed E-state index contributed by atoms with van der Waals surface area (Å²) in [6.45, 7) is 4.40. The molecule has 0 saturated carbocycles. The number of benzene rings is 1. The van der Waals surface area contributed by atoms with Crippen LogP contribution in [0.1, 0.15) is 58.4 Å². The molecule has 2 aromatic rings. The van der Waals surface area contributed by atoms with E-state index in [1.807, 2.05) is 6.92 Å². The fourth-order valence-corrected chi connectivity index (χ4v) is 4.75. The van der Waals surface area contributed by atoms with Crippen LogP contribution in [-0.2, 0) is 14.8 Å². The lowest BCUT2D eigenvalue weighted by atomic mass is 9.97. The lowest BCUT2D eigenvalue weighted by Gasteiger charge is -2.18. The van der Waals surface area contributed by atoms with E-state index in [0.29, 0.717) is 12.1 Å². The van der Waals surface area contributed by atoms with Crippen molar-refractivity contribution in [1.82, 2.24) is 24.6 Å². The molecule has 1 aromatic heterocycles. The van der Waals surface area contributed by atoms with Gasteiger partial charge in [0, 0.05) is 13.6 Å². The number of amides is 1. The zero-order chi connectivity index (χ0) is 21.7. The maximum atomic E-state index is 12.9. The fraction of sp³-hybridized carbons (Fsp3) is 0.571. The van der Waals surface area contributed by atoms with Crippen molar-refractivity contribution in [2.24, 2.45) is 0 Å². The van der Waals surface area contributed by atoms with Gasteiger partial charge in [-0.15, -0.1) is 5.10 Å². The van der Waals surface area contributed by atoms with Crippen LogP contribution in [0, 0.1) is 0 Å². The molecule has 0 bridgehead atoms. The van der Waals surface area contributed by atoms with Crippen LogP contribution < -0.4 is 5.32 Å². The number of likely N-dealkylation sites (N-methyl/N-ethyl adjacent to an activating group) is 1. The third kappa shape index (κ3) is 5.07. The number of fused-ring (bicyclic) bond motifs is 1. The average Bonchev–Trinajstić information content (AvgIpc) is 3.17. The number of allylic oxidation sites excluding steroid dienone is 1. The van der Waals surface area contributed by atoms with E-state index >= 15 is 0 Å². The van der Waals surface area contributed by atoms with Crippen LogP contribution >= 0.6 is 0 Å². The predicted octanol–water partition coefficient (Wildman–Crippen LogP) is 3.03. The predicted molar refractivity (Wildman–Crippen MR) is 117 cm³/mol. The summed E-state index contributed by atoms with van der Waals surface area (Å²) in [4.78, 5) is 12.3. The van der Waals surface area contributed by atoms with Gasteiger partial charge in [0.05, 0.1) is 23.0 Å². The minimum Gasteiger partial charge on any atom is -0.355 e. The molecule has 30 heavy (non-hydrogen) atoms. The molecule has 1 aliphatic rings. The number of carbonyl (C=O) groups excluding carboxylic acids is 1. The highest BCUT2D eigenvalue weighted by Gasteiger charge is 2.24. The van der Waals surface area contributed by atoms with Gasteiger partial charge < -0.3 is 5.32 Å². The zero-order valence-electron chi connectivity index (χ0n) is 18.0. The number of hydrogen-bond acceptors (Lipinski definition) is 5. The number of sulfonamides is 1. The molecule has 1 amide bonds. The fourth-order valence-electron chi connectivity index (χ4n) is 3.60. The number of rotatable bonds is 9. The van der Waals surface area contributed by atoms with E-state index in [0.717, 1.165) is 35.5 Å². The van der Waals surface area contributed by atoms with Crippen molar-refractivity contribution in [3.05, 3.63) is 29.8 Å². The second-order valence-electron chi connectivity index (χ2n) is 7.91. The molecule has 164 valence electrons. The van der Waals surface area contributed by atoms with E-state index in [4.69, 9.17) is 0 Å². The molecule has 0 spiro atoms. The van der Waals surface area contributed by atoms with Gasteiger partial charge in [0.25, 0.3) is 0 Å². The summed E-state index contributed by atoms with van der Waals surface area (Å²) < 4.78 is 28.7. The molecular weight excluding hydrogens is 402 g/mol. The minimum absolute atomic E-state index is 0.105. The van der Waals surface area contributed by atoms with Crippen molar-refractivity contribution >= 4 is 27.0 Å².